The van der Waals surface area contributed by atoms with Gasteiger partial charge in [-0.25, -0.2) is 19.4 Å². The smallest absolute Gasteiger partial charge is 0.178 e. The molecule has 3 N–H and O–H groups in total. The molecule has 0 aliphatic carbocycles. The fraction of sp³-hybridized carbons (Fsp3) is 0. The van der Waals surface area contributed by atoms with Gasteiger partial charge in [0.05, 0.1) is 11.8 Å². The van der Waals surface area contributed by atoms with Crippen LogP contribution in [0, 0.1) is 11.2 Å². The number of hydrogen-bond acceptors (Lipinski definition) is 4. The van der Waals surface area contributed by atoms with Crippen LogP contribution in [0.3, 0.4) is 0 Å². The van der Waals surface area contributed by atoms with E-state index in [0.717, 1.165) is 6.07 Å². The van der Waals surface area contributed by atoms with Crippen LogP contribution in [0.15, 0.2) is 36.8 Å². The fourth-order valence-corrected chi connectivity index (χ4v) is 2.10. The number of halogens is 2. The first-order chi connectivity index (χ1) is 10.1. The number of benzene rings is 1. The summed E-state index contributed by atoms with van der Waals surface area (Å²) < 4.78 is 13.8. The van der Waals surface area contributed by atoms with Crippen molar-refractivity contribution >= 4 is 34.3 Å². The van der Waals surface area contributed by atoms with Gasteiger partial charge in [0.15, 0.2) is 11.5 Å². The molecule has 0 aliphatic rings. The zero-order valence-corrected chi connectivity index (χ0v) is 11.3. The number of nitrogens with one attached hydrogen (secondary N) is 2. The van der Waals surface area contributed by atoms with E-state index in [1.807, 2.05) is 0 Å². The molecule has 0 unspecified atom stereocenters. The summed E-state index contributed by atoms with van der Waals surface area (Å²) in [5.41, 5.74) is 0.998. The third kappa shape index (κ3) is 2.32. The Morgan fingerprint density at radius 1 is 1.33 bits per heavy atom. The zero-order chi connectivity index (χ0) is 15.0. The number of anilines is 1. The van der Waals surface area contributed by atoms with Gasteiger partial charge in [-0.1, -0.05) is 11.6 Å². The van der Waals surface area contributed by atoms with Crippen LogP contribution >= 0.6 is 11.6 Å². The maximum absolute atomic E-state index is 13.8. The van der Waals surface area contributed by atoms with Gasteiger partial charge in [0, 0.05) is 16.8 Å². The minimum atomic E-state index is -0.693. The van der Waals surface area contributed by atoms with Gasteiger partial charge in [0.1, 0.15) is 11.5 Å². The SMILES string of the molecule is N=C(c1ccnc2nc[nH]c12)N(O)c1cc(Cl)ccc1F. The van der Waals surface area contributed by atoms with Crippen LogP contribution in [-0.4, -0.2) is 26.0 Å². The Morgan fingerprint density at radius 3 is 2.95 bits per heavy atom. The van der Waals surface area contributed by atoms with Crippen molar-refractivity contribution in [3.63, 3.8) is 0 Å². The van der Waals surface area contributed by atoms with E-state index in [-0.39, 0.29) is 16.5 Å². The van der Waals surface area contributed by atoms with Crippen LogP contribution in [0.5, 0.6) is 0 Å². The Hall–Kier alpha value is -2.51. The topological polar surface area (TPSA) is 88.9 Å². The number of aromatic amines is 1. The molecule has 3 rings (SSSR count). The monoisotopic (exact) mass is 305 g/mol. The number of fused-ring (bicyclic) bond motifs is 1. The average Bonchev–Trinajstić information content (AvgIpc) is 2.96. The Labute approximate surface area is 123 Å². The second kappa shape index (κ2) is 5.12. The number of hydrogen-bond donors (Lipinski definition) is 3. The van der Waals surface area contributed by atoms with Crippen molar-refractivity contribution in [1.29, 1.82) is 5.41 Å². The first-order valence-corrected chi connectivity index (χ1v) is 6.27. The molecule has 0 spiro atoms. The van der Waals surface area contributed by atoms with Crippen LogP contribution in [0.1, 0.15) is 5.56 Å². The number of H-pyrrole nitrogens is 1. The first kappa shape index (κ1) is 13.5. The molecule has 0 bridgehead atoms. The number of hydroxylamine groups is 1. The number of imidazole rings is 1. The number of nitrogens with zero attached hydrogens (tertiary/aromatic N) is 3. The molecule has 0 atom stereocenters. The number of aromatic nitrogens is 3. The van der Waals surface area contributed by atoms with Gasteiger partial charge in [-0.05, 0) is 24.3 Å². The summed E-state index contributed by atoms with van der Waals surface area (Å²) in [5, 5.41) is 18.8. The largest absolute Gasteiger partial charge is 0.343 e. The molecule has 2 aromatic heterocycles. The van der Waals surface area contributed by atoms with Gasteiger partial charge in [-0.15, -0.1) is 0 Å². The van der Waals surface area contributed by atoms with Crippen LogP contribution in [0.4, 0.5) is 10.1 Å². The maximum atomic E-state index is 13.8. The molecule has 1 aromatic carbocycles. The highest BCUT2D eigenvalue weighted by Gasteiger charge is 2.19. The maximum Gasteiger partial charge on any atom is 0.178 e. The molecule has 0 saturated heterocycles. The van der Waals surface area contributed by atoms with Crippen molar-refractivity contribution in [3.8, 4) is 0 Å². The van der Waals surface area contributed by atoms with Crippen molar-refractivity contribution in [1.82, 2.24) is 15.0 Å². The average molecular weight is 306 g/mol. The molecule has 0 fully saturated rings. The lowest BCUT2D eigenvalue weighted by atomic mass is 10.2. The minimum absolute atomic E-state index is 0.211. The van der Waals surface area contributed by atoms with Crippen LogP contribution in [0.2, 0.25) is 5.02 Å². The van der Waals surface area contributed by atoms with Gasteiger partial charge in [0.2, 0.25) is 0 Å². The van der Waals surface area contributed by atoms with Crippen molar-refractivity contribution in [2.45, 2.75) is 0 Å². The third-order valence-corrected chi connectivity index (χ3v) is 3.17. The van der Waals surface area contributed by atoms with Crippen molar-refractivity contribution < 1.29 is 9.60 Å². The summed E-state index contributed by atoms with van der Waals surface area (Å²) in [6, 6.07) is 5.23. The summed E-state index contributed by atoms with van der Waals surface area (Å²) in [6.45, 7) is 0. The van der Waals surface area contributed by atoms with Crippen molar-refractivity contribution in [2.24, 2.45) is 0 Å². The predicted molar refractivity (Wildman–Crippen MR) is 76.4 cm³/mol. The van der Waals surface area contributed by atoms with E-state index in [2.05, 4.69) is 15.0 Å². The summed E-state index contributed by atoms with van der Waals surface area (Å²) >= 11 is 5.79. The van der Waals surface area contributed by atoms with E-state index >= 15 is 0 Å². The lowest BCUT2D eigenvalue weighted by Crippen LogP contribution is -2.28. The van der Waals surface area contributed by atoms with E-state index in [1.54, 1.807) is 0 Å². The van der Waals surface area contributed by atoms with E-state index in [1.165, 1.54) is 30.7 Å². The normalized spacial score (nSPS) is 10.8. The minimum Gasteiger partial charge on any atom is -0.343 e. The molecule has 8 heteroatoms. The summed E-state index contributed by atoms with van der Waals surface area (Å²) in [6.07, 6.45) is 2.88. The van der Waals surface area contributed by atoms with Crippen LogP contribution in [-0.2, 0) is 0 Å². The van der Waals surface area contributed by atoms with Gasteiger partial charge >= 0.3 is 0 Å². The zero-order valence-electron chi connectivity index (χ0n) is 10.5. The molecular weight excluding hydrogens is 297 g/mol. The molecule has 3 aromatic rings. The van der Waals surface area contributed by atoms with E-state index in [9.17, 15) is 9.60 Å². The molecule has 0 aliphatic heterocycles. The molecular formula is C13H9ClFN5O. The second-order valence-corrected chi connectivity index (χ2v) is 4.65. The van der Waals surface area contributed by atoms with Crippen molar-refractivity contribution in [2.75, 3.05) is 5.06 Å². The highest BCUT2D eigenvalue weighted by atomic mass is 35.5. The van der Waals surface area contributed by atoms with Gasteiger partial charge < -0.3 is 4.98 Å². The van der Waals surface area contributed by atoms with Crippen LogP contribution in [0.25, 0.3) is 11.2 Å². The van der Waals surface area contributed by atoms with Gasteiger partial charge in [-0.3, -0.25) is 10.6 Å². The molecule has 2 heterocycles. The fourth-order valence-electron chi connectivity index (χ4n) is 1.93. The predicted octanol–water partition coefficient (Wildman–Crippen LogP) is 2.97. The Kier molecular flexibility index (Phi) is 3.28. The number of pyridine rings is 1. The lowest BCUT2D eigenvalue weighted by molar-refractivity contribution is 0.307. The highest BCUT2D eigenvalue weighted by molar-refractivity contribution is 6.31. The molecule has 106 valence electrons. The first-order valence-electron chi connectivity index (χ1n) is 5.89. The Morgan fingerprint density at radius 2 is 2.14 bits per heavy atom. The third-order valence-electron chi connectivity index (χ3n) is 2.93. The molecule has 0 saturated carbocycles. The van der Waals surface area contributed by atoms with E-state index in [0.29, 0.717) is 21.8 Å². The lowest BCUT2D eigenvalue weighted by Gasteiger charge is -2.18. The Balaban J connectivity index is 2.05. The molecule has 0 amide bonds. The number of amidine groups is 1. The summed E-state index contributed by atoms with van der Waals surface area (Å²) in [4.78, 5) is 10.8. The molecule has 21 heavy (non-hydrogen) atoms. The summed E-state index contributed by atoms with van der Waals surface area (Å²) in [7, 11) is 0. The quantitative estimate of drug-likeness (QED) is 0.386. The van der Waals surface area contributed by atoms with E-state index in [4.69, 9.17) is 17.0 Å². The van der Waals surface area contributed by atoms with Crippen LogP contribution < -0.4 is 5.06 Å². The molecule has 0 radical (unpaired) electrons. The second-order valence-electron chi connectivity index (χ2n) is 4.22. The van der Waals surface area contributed by atoms with Gasteiger partial charge in [0.25, 0.3) is 0 Å². The standard InChI is InChI=1S/C13H9ClFN5O/c14-7-1-2-9(15)10(5-7)20(21)12(16)8-3-4-17-13-11(8)18-6-19-13/h1-6,16,21H,(H,17,18,19). The van der Waals surface area contributed by atoms with E-state index < -0.39 is 5.82 Å². The highest BCUT2D eigenvalue weighted by Crippen LogP contribution is 2.25. The van der Waals surface area contributed by atoms with Crippen molar-refractivity contribution in [3.05, 3.63) is 53.2 Å². The summed E-state index contributed by atoms with van der Waals surface area (Å²) in [5.74, 6) is -1.02. The van der Waals surface area contributed by atoms with Gasteiger partial charge in [-0.2, -0.15) is 0 Å². The number of rotatable bonds is 2. The Bertz CT molecular complexity index is 834. The molecule has 6 nitrogen and oxygen atoms in total.